The molecule has 1 rings (SSSR count). The first-order valence-corrected chi connectivity index (χ1v) is 7.44. The number of carbonyl (C=O) groups is 1. The molecule has 0 aliphatic rings. The molecule has 0 fully saturated rings. The van der Waals surface area contributed by atoms with E-state index in [-0.39, 0.29) is 24.9 Å². The van der Waals surface area contributed by atoms with E-state index in [1.165, 1.54) is 0 Å². The van der Waals surface area contributed by atoms with Crippen LogP contribution in [0.15, 0.2) is 18.2 Å². The molecule has 1 aromatic carbocycles. The van der Waals surface area contributed by atoms with Gasteiger partial charge in [0.2, 0.25) is 5.91 Å². The number of benzene rings is 1. The second-order valence-electron chi connectivity index (χ2n) is 4.27. The molecule has 7 heteroatoms. The standard InChI is InChI=1S/C14H20Cl2N2O2.ClH/c1-2-6-17-7-8-18-14(19)5-9-20-13-4-3-11(15)10-12(13)16;/h3-4,10,17H,2,5-9H2,1H3,(H,18,19);1H. The molecule has 4 nitrogen and oxygen atoms in total. The van der Waals surface area contributed by atoms with E-state index < -0.39 is 0 Å². The Bertz CT molecular complexity index is 431. The monoisotopic (exact) mass is 354 g/mol. The third-order valence-corrected chi connectivity index (χ3v) is 3.06. The number of rotatable bonds is 9. The van der Waals surface area contributed by atoms with Gasteiger partial charge in [-0.15, -0.1) is 12.4 Å². The van der Waals surface area contributed by atoms with Gasteiger partial charge in [-0.25, -0.2) is 0 Å². The minimum absolute atomic E-state index is 0. The fourth-order valence-electron chi connectivity index (χ4n) is 1.53. The van der Waals surface area contributed by atoms with Crippen molar-refractivity contribution in [3.63, 3.8) is 0 Å². The summed E-state index contributed by atoms with van der Waals surface area (Å²) in [6, 6.07) is 5.00. The number of hydrogen-bond acceptors (Lipinski definition) is 3. The quantitative estimate of drug-likeness (QED) is 0.668. The van der Waals surface area contributed by atoms with Crippen LogP contribution in [0.2, 0.25) is 10.0 Å². The predicted molar refractivity (Wildman–Crippen MR) is 90.0 cm³/mol. The Balaban J connectivity index is 0.00000400. The predicted octanol–water partition coefficient (Wildman–Crippen LogP) is 3.30. The average molecular weight is 356 g/mol. The molecule has 0 atom stereocenters. The SMILES string of the molecule is CCCNCCNC(=O)CCOc1ccc(Cl)cc1Cl.Cl. The Morgan fingerprint density at radius 1 is 1.24 bits per heavy atom. The smallest absolute Gasteiger partial charge is 0.223 e. The summed E-state index contributed by atoms with van der Waals surface area (Å²) in [6.45, 7) is 4.76. The van der Waals surface area contributed by atoms with Gasteiger partial charge in [-0.1, -0.05) is 30.1 Å². The van der Waals surface area contributed by atoms with E-state index in [2.05, 4.69) is 17.6 Å². The van der Waals surface area contributed by atoms with E-state index in [0.29, 0.717) is 28.8 Å². The maximum absolute atomic E-state index is 11.5. The Hall–Kier alpha value is -0.680. The second kappa shape index (κ2) is 11.9. The van der Waals surface area contributed by atoms with Crippen LogP contribution >= 0.6 is 35.6 Å². The summed E-state index contributed by atoms with van der Waals surface area (Å²) in [4.78, 5) is 11.5. The molecule has 1 amide bonds. The molecule has 0 aromatic heterocycles. The van der Waals surface area contributed by atoms with Crippen LogP contribution < -0.4 is 15.4 Å². The normalized spacial score (nSPS) is 9.86. The molecule has 0 heterocycles. The topological polar surface area (TPSA) is 50.4 Å². The molecule has 0 saturated heterocycles. The van der Waals surface area contributed by atoms with Crippen molar-refractivity contribution in [1.82, 2.24) is 10.6 Å². The fourth-order valence-corrected chi connectivity index (χ4v) is 1.99. The van der Waals surface area contributed by atoms with E-state index in [9.17, 15) is 4.79 Å². The van der Waals surface area contributed by atoms with Gasteiger partial charge in [-0.05, 0) is 31.2 Å². The highest BCUT2D eigenvalue weighted by molar-refractivity contribution is 6.35. The van der Waals surface area contributed by atoms with Gasteiger partial charge in [-0.3, -0.25) is 4.79 Å². The van der Waals surface area contributed by atoms with Crippen molar-refractivity contribution in [3.8, 4) is 5.75 Å². The number of halogens is 3. The van der Waals surface area contributed by atoms with Crippen molar-refractivity contribution < 1.29 is 9.53 Å². The third-order valence-electron chi connectivity index (χ3n) is 2.53. The second-order valence-corrected chi connectivity index (χ2v) is 5.12. The average Bonchev–Trinajstić information content (AvgIpc) is 2.41. The van der Waals surface area contributed by atoms with Gasteiger partial charge >= 0.3 is 0 Å². The zero-order valence-corrected chi connectivity index (χ0v) is 14.3. The Morgan fingerprint density at radius 3 is 2.67 bits per heavy atom. The van der Waals surface area contributed by atoms with Crippen LogP contribution in [0.25, 0.3) is 0 Å². The number of ether oxygens (including phenoxy) is 1. The highest BCUT2D eigenvalue weighted by Crippen LogP contribution is 2.27. The number of carbonyl (C=O) groups excluding carboxylic acids is 1. The summed E-state index contributed by atoms with van der Waals surface area (Å²) in [7, 11) is 0. The van der Waals surface area contributed by atoms with E-state index in [1.54, 1.807) is 18.2 Å². The maximum Gasteiger partial charge on any atom is 0.223 e. The lowest BCUT2D eigenvalue weighted by Gasteiger charge is -2.09. The summed E-state index contributed by atoms with van der Waals surface area (Å²) in [6.07, 6.45) is 1.39. The molecule has 0 unspecified atom stereocenters. The Morgan fingerprint density at radius 2 is 2.00 bits per heavy atom. The Labute approximate surface area is 141 Å². The van der Waals surface area contributed by atoms with Crippen LogP contribution in [0.1, 0.15) is 19.8 Å². The molecule has 1 aromatic rings. The van der Waals surface area contributed by atoms with Crippen molar-refractivity contribution in [3.05, 3.63) is 28.2 Å². The fraction of sp³-hybridized carbons (Fsp3) is 0.500. The van der Waals surface area contributed by atoms with Gasteiger partial charge in [-0.2, -0.15) is 0 Å². The molecule has 120 valence electrons. The molecule has 21 heavy (non-hydrogen) atoms. The van der Waals surface area contributed by atoms with E-state index in [1.807, 2.05) is 0 Å². The summed E-state index contributed by atoms with van der Waals surface area (Å²) in [5, 5.41) is 7.03. The van der Waals surface area contributed by atoms with Gasteiger partial charge in [0.05, 0.1) is 18.1 Å². The van der Waals surface area contributed by atoms with Crippen LogP contribution in [-0.2, 0) is 4.79 Å². The molecule has 0 aliphatic heterocycles. The van der Waals surface area contributed by atoms with E-state index >= 15 is 0 Å². The lowest BCUT2D eigenvalue weighted by molar-refractivity contribution is -0.121. The van der Waals surface area contributed by atoms with Gasteiger partial charge in [0.1, 0.15) is 5.75 Å². The van der Waals surface area contributed by atoms with Gasteiger partial charge < -0.3 is 15.4 Å². The highest BCUT2D eigenvalue weighted by atomic mass is 35.5. The molecule has 0 aliphatic carbocycles. The lowest BCUT2D eigenvalue weighted by Crippen LogP contribution is -2.32. The zero-order valence-electron chi connectivity index (χ0n) is 12.0. The van der Waals surface area contributed by atoms with E-state index in [4.69, 9.17) is 27.9 Å². The van der Waals surface area contributed by atoms with Crippen LogP contribution in [0.5, 0.6) is 5.75 Å². The highest BCUT2D eigenvalue weighted by Gasteiger charge is 2.04. The van der Waals surface area contributed by atoms with Crippen LogP contribution in [-0.4, -0.2) is 32.1 Å². The number of hydrogen-bond donors (Lipinski definition) is 2. The van der Waals surface area contributed by atoms with Crippen molar-refractivity contribution in [2.24, 2.45) is 0 Å². The van der Waals surface area contributed by atoms with Gasteiger partial charge in [0, 0.05) is 18.1 Å². The van der Waals surface area contributed by atoms with E-state index in [0.717, 1.165) is 19.5 Å². The molecular formula is C14H21Cl3N2O2. The molecule has 0 saturated carbocycles. The third kappa shape index (κ3) is 9.04. The van der Waals surface area contributed by atoms with Gasteiger partial charge in [0.25, 0.3) is 0 Å². The first kappa shape index (κ1) is 20.3. The minimum atomic E-state index is -0.0339. The van der Waals surface area contributed by atoms with Crippen LogP contribution in [0.4, 0.5) is 0 Å². The summed E-state index contributed by atoms with van der Waals surface area (Å²) in [5.41, 5.74) is 0. The molecule has 0 bridgehead atoms. The molecular weight excluding hydrogens is 335 g/mol. The summed E-state index contributed by atoms with van der Waals surface area (Å²) < 4.78 is 5.44. The lowest BCUT2D eigenvalue weighted by atomic mass is 10.3. The first-order valence-electron chi connectivity index (χ1n) is 6.68. The van der Waals surface area contributed by atoms with Crippen molar-refractivity contribution >= 4 is 41.5 Å². The van der Waals surface area contributed by atoms with Crippen LogP contribution in [0, 0.1) is 0 Å². The minimum Gasteiger partial charge on any atom is -0.491 e. The maximum atomic E-state index is 11.5. The largest absolute Gasteiger partial charge is 0.491 e. The summed E-state index contributed by atoms with van der Waals surface area (Å²) >= 11 is 11.7. The Kier molecular flexibility index (Phi) is 11.5. The zero-order chi connectivity index (χ0) is 14.8. The first-order chi connectivity index (χ1) is 9.63. The van der Waals surface area contributed by atoms with Crippen molar-refractivity contribution in [2.75, 3.05) is 26.2 Å². The number of amides is 1. The molecule has 0 spiro atoms. The molecule has 2 N–H and O–H groups in total. The van der Waals surface area contributed by atoms with Gasteiger partial charge in [0.15, 0.2) is 0 Å². The molecule has 0 radical (unpaired) electrons. The number of nitrogens with one attached hydrogen (secondary N) is 2. The summed E-state index contributed by atoms with van der Waals surface area (Å²) in [5.74, 6) is 0.502. The van der Waals surface area contributed by atoms with Crippen LogP contribution in [0.3, 0.4) is 0 Å². The van der Waals surface area contributed by atoms with Crippen molar-refractivity contribution in [2.45, 2.75) is 19.8 Å². The van der Waals surface area contributed by atoms with Crippen molar-refractivity contribution in [1.29, 1.82) is 0 Å².